The van der Waals surface area contributed by atoms with E-state index in [9.17, 15) is 13.2 Å². The van der Waals surface area contributed by atoms with Crippen molar-refractivity contribution in [2.45, 2.75) is 24.5 Å². The molecular weight excluding hydrogens is 330 g/mol. The van der Waals surface area contributed by atoms with Crippen molar-refractivity contribution in [1.82, 2.24) is 14.6 Å². The molecule has 1 aliphatic carbocycles. The zero-order valence-corrected chi connectivity index (χ0v) is 14.2. The highest BCUT2D eigenvalue weighted by Crippen LogP contribution is 2.44. The van der Waals surface area contributed by atoms with Crippen LogP contribution in [0.5, 0.6) is 5.88 Å². The van der Waals surface area contributed by atoms with Gasteiger partial charge < -0.3 is 10.1 Å². The van der Waals surface area contributed by atoms with E-state index in [-0.39, 0.29) is 23.6 Å². The first kappa shape index (κ1) is 15.8. The summed E-state index contributed by atoms with van der Waals surface area (Å²) in [5.74, 6) is 0.421. The monoisotopic (exact) mass is 351 g/mol. The maximum atomic E-state index is 12.5. The molecule has 3 heterocycles. The summed E-state index contributed by atoms with van der Waals surface area (Å²) in [6.07, 6.45) is 3.69. The van der Waals surface area contributed by atoms with Crippen molar-refractivity contribution in [3.63, 3.8) is 0 Å². The molecule has 1 aromatic heterocycles. The number of carbonyl (C=O) groups excluding carboxylic acids is 1. The van der Waals surface area contributed by atoms with Crippen LogP contribution >= 0.6 is 0 Å². The number of hydrogen-bond donors (Lipinski definition) is 1. The van der Waals surface area contributed by atoms with Crippen molar-refractivity contribution in [2.24, 2.45) is 11.3 Å². The number of pyridine rings is 1. The molecule has 1 aromatic rings. The molecule has 4 rings (SSSR count). The van der Waals surface area contributed by atoms with E-state index < -0.39 is 15.4 Å². The van der Waals surface area contributed by atoms with Gasteiger partial charge in [-0.05, 0) is 25.3 Å². The quantitative estimate of drug-likeness (QED) is 0.829. The highest BCUT2D eigenvalue weighted by Gasteiger charge is 2.57. The molecule has 3 fully saturated rings. The van der Waals surface area contributed by atoms with E-state index >= 15 is 0 Å². The van der Waals surface area contributed by atoms with E-state index in [1.54, 1.807) is 12.3 Å². The van der Waals surface area contributed by atoms with Crippen LogP contribution in [-0.4, -0.2) is 55.1 Å². The van der Waals surface area contributed by atoms with Crippen molar-refractivity contribution >= 4 is 15.9 Å². The van der Waals surface area contributed by atoms with Gasteiger partial charge in [0.05, 0.1) is 17.3 Å². The Hall–Kier alpha value is -1.67. The van der Waals surface area contributed by atoms with Crippen molar-refractivity contribution in [3.05, 3.63) is 24.4 Å². The number of nitrogens with zero attached hydrogens (tertiary/aromatic N) is 2. The lowest BCUT2D eigenvalue weighted by atomic mass is 9.77. The molecule has 7 nitrogen and oxygen atoms in total. The molecule has 1 saturated carbocycles. The smallest absolute Gasteiger partial charge is 0.228 e. The maximum absolute atomic E-state index is 12.5. The second kappa shape index (κ2) is 5.70. The summed E-state index contributed by atoms with van der Waals surface area (Å²) in [4.78, 5) is 16.6. The van der Waals surface area contributed by atoms with Crippen molar-refractivity contribution < 1.29 is 17.9 Å². The minimum atomic E-state index is -3.24. The first-order chi connectivity index (χ1) is 11.5. The summed E-state index contributed by atoms with van der Waals surface area (Å²) >= 11 is 0. The number of amides is 1. The molecule has 1 amide bonds. The van der Waals surface area contributed by atoms with Crippen LogP contribution in [0.2, 0.25) is 0 Å². The highest BCUT2D eigenvalue weighted by molar-refractivity contribution is 7.90. The third-order valence-corrected chi connectivity index (χ3v) is 7.73. The Kier molecular flexibility index (Phi) is 3.76. The molecule has 24 heavy (non-hydrogen) atoms. The van der Waals surface area contributed by atoms with Gasteiger partial charge in [0.25, 0.3) is 0 Å². The second-order valence-electron chi connectivity index (χ2n) is 6.87. The average molecular weight is 351 g/mol. The fourth-order valence-corrected chi connectivity index (χ4v) is 5.63. The Balaban J connectivity index is 1.49. The molecule has 0 aromatic carbocycles. The standard InChI is InChI=1S/C16H21N3O4S/c20-15-16(6-8-19(11-16)24(21,22)13-4-5-13)12(9-18-15)10-23-14-3-1-2-7-17-14/h1-3,7,12-13H,4-6,8-11H2,(H,18,20)/t12-,16+/m0/s1. The van der Waals surface area contributed by atoms with Crippen LogP contribution in [0.25, 0.3) is 0 Å². The van der Waals surface area contributed by atoms with Gasteiger partial charge in [-0.1, -0.05) is 6.07 Å². The molecule has 130 valence electrons. The fraction of sp³-hybridized carbons (Fsp3) is 0.625. The third-order valence-electron chi connectivity index (χ3n) is 5.38. The van der Waals surface area contributed by atoms with Gasteiger partial charge in [-0.15, -0.1) is 0 Å². The Morgan fingerprint density at radius 3 is 2.92 bits per heavy atom. The average Bonchev–Trinajstić information content (AvgIpc) is 3.29. The largest absolute Gasteiger partial charge is 0.477 e. The van der Waals surface area contributed by atoms with Gasteiger partial charge in [0.15, 0.2) is 0 Å². The molecular formula is C16H21N3O4S. The second-order valence-corrected chi connectivity index (χ2v) is 9.08. The molecule has 3 aliphatic rings. The Morgan fingerprint density at radius 2 is 2.21 bits per heavy atom. The van der Waals surface area contributed by atoms with Crippen LogP contribution < -0.4 is 10.1 Å². The molecule has 2 saturated heterocycles. The zero-order chi connectivity index (χ0) is 16.8. The summed E-state index contributed by atoms with van der Waals surface area (Å²) in [5, 5.41) is 2.66. The molecule has 0 unspecified atom stereocenters. The number of rotatable bonds is 5. The van der Waals surface area contributed by atoms with Crippen molar-refractivity contribution in [3.8, 4) is 5.88 Å². The van der Waals surface area contributed by atoms with Gasteiger partial charge >= 0.3 is 0 Å². The van der Waals surface area contributed by atoms with Gasteiger partial charge in [0.2, 0.25) is 21.8 Å². The maximum Gasteiger partial charge on any atom is 0.228 e. The lowest BCUT2D eigenvalue weighted by molar-refractivity contribution is -0.128. The van der Waals surface area contributed by atoms with E-state index in [2.05, 4.69) is 10.3 Å². The Labute approximate surface area is 141 Å². The van der Waals surface area contributed by atoms with Gasteiger partial charge in [0, 0.05) is 37.8 Å². The predicted molar refractivity (Wildman–Crippen MR) is 86.8 cm³/mol. The number of aromatic nitrogens is 1. The molecule has 1 spiro atoms. The van der Waals surface area contributed by atoms with Gasteiger partial charge in [-0.25, -0.2) is 17.7 Å². The molecule has 2 aliphatic heterocycles. The minimum absolute atomic E-state index is 0.0496. The van der Waals surface area contributed by atoms with Crippen LogP contribution in [0.3, 0.4) is 0 Å². The van der Waals surface area contributed by atoms with E-state index in [0.717, 1.165) is 12.8 Å². The summed E-state index contributed by atoms with van der Waals surface area (Å²) in [6, 6.07) is 5.43. The number of carbonyl (C=O) groups is 1. The summed E-state index contributed by atoms with van der Waals surface area (Å²) < 4.78 is 32.2. The first-order valence-electron chi connectivity index (χ1n) is 8.33. The lowest BCUT2D eigenvalue weighted by Gasteiger charge is -2.27. The summed E-state index contributed by atoms with van der Waals surface area (Å²) in [7, 11) is -3.24. The summed E-state index contributed by atoms with van der Waals surface area (Å²) in [6.45, 7) is 1.57. The predicted octanol–water partition coefficient (Wildman–Crippen LogP) is 0.391. The topological polar surface area (TPSA) is 88.6 Å². The van der Waals surface area contributed by atoms with E-state index in [0.29, 0.717) is 32.0 Å². The van der Waals surface area contributed by atoms with E-state index in [1.807, 2.05) is 12.1 Å². The number of nitrogens with one attached hydrogen (secondary N) is 1. The van der Waals surface area contributed by atoms with E-state index in [1.165, 1.54) is 4.31 Å². The lowest BCUT2D eigenvalue weighted by Crippen LogP contribution is -2.42. The first-order valence-corrected chi connectivity index (χ1v) is 9.84. The molecule has 1 N–H and O–H groups in total. The fourth-order valence-electron chi connectivity index (χ4n) is 3.72. The Morgan fingerprint density at radius 1 is 1.38 bits per heavy atom. The molecule has 2 atom stereocenters. The van der Waals surface area contributed by atoms with Crippen LogP contribution in [0.15, 0.2) is 24.4 Å². The third kappa shape index (κ3) is 2.57. The van der Waals surface area contributed by atoms with Crippen LogP contribution in [0.1, 0.15) is 19.3 Å². The normalized spacial score (nSPS) is 30.7. The highest BCUT2D eigenvalue weighted by atomic mass is 32.2. The van der Waals surface area contributed by atoms with Crippen molar-refractivity contribution in [1.29, 1.82) is 0 Å². The molecule has 8 heteroatoms. The molecule has 0 bridgehead atoms. The van der Waals surface area contributed by atoms with Crippen LogP contribution in [-0.2, 0) is 14.8 Å². The summed E-state index contributed by atoms with van der Waals surface area (Å²) in [5.41, 5.74) is -0.670. The van der Waals surface area contributed by atoms with Crippen LogP contribution in [0.4, 0.5) is 0 Å². The number of ether oxygens (including phenoxy) is 1. The van der Waals surface area contributed by atoms with Gasteiger partial charge in [-0.3, -0.25) is 4.79 Å². The SMILES string of the molecule is O=C1NC[C@@H](COc2ccccn2)[C@]12CCN(S(=O)(=O)C1CC1)C2. The van der Waals surface area contributed by atoms with E-state index in [4.69, 9.17) is 4.74 Å². The minimum Gasteiger partial charge on any atom is -0.477 e. The molecule has 0 radical (unpaired) electrons. The van der Waals surface area contributed by atoms with Crippen LogP contribution in [0, 0.1) is 11.3 Å². The number of hydrogen-bond acceptors (Lipinski definition) is 5. The zero-order valence-electron chi connectivity index (χ0n) is 13.3. The Bertz CT molecular complexity index is 735. The van der Waals surface area contributed by atoms with Gasteiger partial charge in [0.1, 0.15) is 0 Å². The van der Waals surface area contributed by atoms with Crippen molar-refractivity contribution in [2.75, 3.05) is 26.2 Å². The van der Waals surface area contributed by atoms with Gasteiger partial charge in [-0.2, -0.15) is 0 Å². The number of sulfonamides is 1.